The maximum absolute atomic E-state index is 12.6. The largest absolute Gasteiger partial charge is 0.355 e. The summed E-state index contributed by atoms with van der Waals surface area (Å²) in [5.74, 6) is -0.346. The number of thiophene rings is 1. The molecule has 0 fully saturated rings. The second-order valence-electron chi connectivity index (χ2n) is 5.21. The molecule has 2 N–H and O–H groups in total. The van der Waals surface area contributed by atoms with Crippen LogP contribution >= 0.6 is 11.3 Å². The number of hydrogen-bond donors (Lipinski definition) is 2. The fourth-order valence-corrected chi connectivity index (χ4v) is 3.33. The first-order valence-corrected chi connectivity index (χ1v) is 8.08. The van der Waals surface area contributed by atoms with Crippen LogP contribution in [0.15, 0.2) is 47.8 Å². The molecule has 2 aromatic carbocycles. The van der Waals surface area contributed by atoms with Gasteiger partial charge in [0, 0.05) is 33.8 Å². The molecule has 0 atom stereocenters. The molecule has 0 spiro atoms. The smallest absolute Gasteiger partial charge is 0.257 e. The van der Waals surface area contributed by atoms with E-state index < -0.39 is 0 Å². The zero-order chi connectivity index (χ0) is 16.4. The average molecular weight is 324 g/mol. The molecule has 1 heterocycles. The van der Waals surface area contributed by atoms with Crippen LogP contribution < -0.4 is 10.6 Å². The number of anilines is 1. The van der Waals surface area contributed by atoms with Crippen molar-refractivity contribution < 1.29 is 9.59 Å². The summed E-state index contributed by atoms with van der Waals surface area (Å²) in [6.07, 6.45) is 0. The lowest BCUT2D eigenvalue weighted by Crippen LogP contribution is -2.19. The monoisotopic (exact) mass is 324 g/mol. The summed E-state index contributed by atoms with van der Waals surface area (Å²) in [4.78, 5) is 24.3. The first-order valence-electron chi connectivity index (χ1n) is 7.20. The SMILES string of the molecule is CNC(=O)c1ccc(C)c(NC(=O)c2csc3ccccc23)c1. The van der Waals surface area contributed by atoms with Gasteiger partial charge < -0.3 is 10.6 Å². The summed E-state index contributed by atoms with van der Waals surface area (Å²) in [6, 6.07) is 13.1. The van der Waals surface area contributed by atoms with Crippen LogP contribution in [-0.4, -0.2) is 18.9 Å². The highest BCUT2D eigenvalue weighted by molar-refractivity contribution is 7.17. The summed E-state index contributed by atoms with van der Waals surface area (Å²) in [6.45, 7) is 1.90. The number of nitrogens with one attached hydrogen (secondary N) is 2. The second kappa shape index (κ2) is 6.22. The molecule has 23 heavy (non-hydrogen) atoms. The van der Waals surface area contributed by atoms with Crippen molar-refractivity contribution in [2.24, 2.45) is 0 Å². The standard InChI is InChI=1S/C18H16N2O2S/c1-11-7-8-12(17(21)19-2)9-15(11)20-18(22)14-10-23-16-6-4-3-5-13(14)16/h3-10H,1-2H3,(H,19,21)(H,20,22). The second-order valence-corrected chi connectivity index (χ2v) is 6.12. The van der Waals surface area contributed by atoms with Crippen LogP contribution in [0.1, 0.15) is 26.3 Å². The fraction of sp³-hybridized carbons (Fsp3) is 0.111. The average Bonchev–Trinajstić information content (AvgIpc) is 3.00. The Hall–Kier alpha value is -2.66. The maximum Gasteiger partial charge on any atom is 0.257 e. The van der Waals surface area contributed by atoms with Crippen molar-refractivity contribution in [2.45, 2.75) is 6.92 Å². The Labute approximate surface area is 138 Å². The van der Waals surface area contributed by atoms with Gasteiger partial charge in [0.1, 0.15) is 0 Å². The van der Waals surface area contributed by atoms with Crippen molar-refractivity contribution in [3.8, 4) is 0 Å². The predicted molar refractivity (Wildman–Crippen MR) is 94.3 cm³/mol. The van der Waals surface area contributed by atoms with Crippen LogP contribution in [0.5, 0.6) is 0 Å². The van der Waals surface area contributed by atoms with Gasteiger partial charge in [0.2, 0.25) is 0 Å². The molecule has 2 amide bonds. The summed E-state index contributed by atoms with van der Waals surface area (Å²) < 4.78 is 1.08. The van der Waals surface area contributed by atoms with Gasteiger partial charge in [-0.25, -0.2) is 0 Å². The number of aryl methyl sites for hydroxylation is 1. The minimum absolute atomic E-state index is 0.167. The topological polar surface area (TPSA) is 58.2 Å². The quantitative estimate of drug-likeness (QED) is 0.769. The molecule has 4 nitrogen and oxygen atoms in total. The van der Waals surface area contributed by atoms with Gasteiger partial charge >= 0.3 is 0 Å². The summed E-state index contributed by atoms with van der Waals surface area (Å²) >= 11 is 1.54. The third-order valence-electron chi connectivity index (χ3n) is 3.70. The summed E-state index contributed by atoms with van der Waals surface area (Å²) in [7, 11) is 1.58. The lowest BCUT2D eigenvalue weighted by molar-refractivity contribution is 0.0961. The molecule has 3 rings (SSSR count). The number of rotatable bonds is 3. The van der Waals surface area contributed by atoms with Crippen LogP contribution in [0.2, 0.25) is 0 Å². The van der Waals surface area contributed by atoms with E-state index in [-0.39, 0.29) is 11.8 Å². The van der Waals surface area contributed by atoms with Crippen LogP contribution in [0, 0.1) is 6.92 Å². The predicted octanol–water partition coefficient (Wildman–Crippen LogP) is 3.82. The minimum Gasteiger partial charge on any atom is -0.355 e. The van der Waals surface area contributed by atoms with E-state index in [2.05, 4.69) is 10.6 Å². The van der Waals surface area contributed by atoms with Gasteiger partial charge in [-0.15, -0.1) is 11.3 Å². The third kappa shape index (κ3) is 2.96. The third-order valence-corrected chi connectivity index (χ3v) is 4.66. The van der Waals surface area contributed by atoms with Gasteiger partial charge in [-0.05, 0) is 30.7 Å². The molecule has 0 aliphatic carbocycles. The lowest BCUT2D eigenvalue weighted by atomic mass is 10.1. The Morgan fingerprint density at radius 2 is 1.83 bits per heavy atom. The molecule has 0 saturated carbocycles. The Morgan fingerprint density at radius 1 is 1.04 bits per heavy atom. The van der Waals surface area contributed by atoms with Crippen molar-refractivity contribution in [1.29, 1.82) is 0 Å². The van der Waals surface area contributed by atoms with Crippen molar-refractivity contribution >= 4 is 38.9 Å². The first-order chi connectivity index (χ1) is 11.1. The van der Waals surface area contributed by atoms with Gasteiger partial charge in [-0.2, -0.15) is 0 Å². The Kier molecular flexibility index (Phi) is 4.12. The normalized spacial score (nSPS) is 10.5. The number of amides is 2. The number of hydrogen-bond acceptors (Lipinski definition) is 3. The number of carbonyl (C=O) groups excluding carboxylic acids is 2. The van der Waals surface area contributed by atoms with Crippen LogP contribution in [0.25, 0.3) is 10.1 Å². The molecule has 1 aromatic heterocycles. The molecule has 0 radical (unpaired) electrons. The molecule has 3 aromatic rings. The van der Waals surface area contributed by atoms with Crippen molar-refractivity contribution in [1.82, 2.24) is 5.32 Å². The number of carbonyl (C=O) groups is 2. The van der Waals surface area contributed by atoms with Crippen LogP contribution in [-0.2, 0) is 0 Å². The van der Waals surface area contributed by atoms with Crippen molar-refractivity contribution in [2.75, 3.05) is 12.4 Å². The molecular formula is C18H16N2O2S. The van der Waals surface area contributed by atoms with E-state index >= 15 is 0 Å². The van der Waals surface area contributed by atoms with Gasteiger partial charge in [0.05, 0.1) is 5.56 Å². The Morgan fingerprint density at radius 3 is 2.61 bits per heavy atom. The lowest BCUT2D eigenvalue weighted by Gasteiger charge is -2.10. The Balaban J connectivity index is 1.92. The number of fused-ring (bicyclic) bond motifs is 1. The highest BCUT2D eigenvalue weighted by atomic mass is 32.1. The van der Waals surface area contributed by atoms with E-state index in [1.54, 1.807) is 30.5 Å². The molecule has 0 bridgehead atoms. The van der Waals surface area contributed by atoms with E-state index in [9.17, 15) is 9.59 Å². The zero-order valence-corrected chi connectivity index (χ0v) is 13.7. The van der Waals surface area contributed by atoms with Crippen LogP contribution in [0.3, 0.4) is 0 Å². The minimum atomic E-state index is -0.179. The molecule has 5 heteroatoms. The van der Waals surface area contributed by atoms with Crippen LogP contribution in [0.4, 0.5) is 5.69 Å². The van der Waals surface area contributed by atoms with Gasteiger partial charge in [-0.3, -0.25) is 9.59 Å². The molecule has 0 aliphatic heterocycles. The van der Waals surface area contributed by atoms with E-state index in [1.807, 2.05) is 42.6 Å². The van der Waals surface area contributed by atoms with E-state index in [0.29, 0.717) is 16.8 Å². The highest BCUT2D eigenvalue weighted by Gasteiger charge is 2.14. The van der Waals surface area contributed by atoms with Gasteiger partial charge in [0.25, 0.3) is 11.8 Å². The zero-order valence-electron chi connectivity index (χ0n) is 12.8. The highest BCUT2D eigenvalue weighted by Crippen LogP contribution is 2.27. The summed E-state index contributed by atoms with van der Waals surface area (Å²) in [5, 5.41) is 8.29. The summed E-state index contributed by atoms with van der Waals surface area (Å²) in [5.41, 5.74) is 2.72. The van der Waals surface area contributed by atoms with E-state index in [1.165, 1.54) is 0 Å². The van der Waals surface area contributed by atoms with Gasteiger partial charge in [0.15, 0.2) is 0 Å². The Bertz CT molecular complexity index is 899. The van der Waals surface area contributed by atoms with E-state index in [4.69, 9.17) is 0 Å². The molecule has 116 valence electrons. The molecule has 0 saturated heterocycles. The first kappa shape index (κ1) is 15.2. The van der Waals surface area contributed by atoms with Crippen molar-refractivity contribution in [3.63, 3.8) is 0 Å². The van der Waals surface area contributed by atoms with Crippen molar-refractivity contribution in [3.05, 3.63) is 64.5 Å². The molecular weight excluding hydrogens is 308 g/mol. The molecule has 0 aliphatic rings. The van der Waals surface area contributed by atoms with E-state index in [0.717, 1.165) is 15.6 Å². The fourth-order valence-electron chi connectivity index (χ4n) is 2.39. The maximum atomic E-state index is 12.6. The van der Waals surface area contributed by atoms with Gasteiger partial charge in [-0.1, -0.05) is 24.3 Å². The molecule has 0 unspecified atom stereocenters. The number of benzene rings is 2.